The Bertz CT molecular complexity index is 991. The summed E-state index contributed by atoms with van der Waals surface area (Å²) in [6.07, 6.45) is 0. The Morgan fingerprint density at radius 2 is 1.85 bits per heavy atom. The summed E-state index contributed by atoms with van der Waals surface area (Å²) in [7, 11) is 1.42. The number of carbonyl (C=O) groups excluding carboxylic acids is 1. The topological polar surface area (TPSA) is 38.3 Å². The smallest absolute Gasteiger partial charge is 0.274 e. The third kappa shape index (κ3) is 4.33. The summed E-state index contributed by atoms with van der Waals surface area (Å²) in [6.45, 7) is 8.46. The Morgan fingerprint density at radius 3 is 2.52 bits per heavy atom. The van der Waals surface area contributed by atoms with E-state index in [1.165, 1.54) is 17.6 Å². The molecule has 0 unspecified atom stereocenters. The summed E-state index contributed by atoms with van der Waals surface area (Å²) < 4.78 is 0. The van der Waals surface area contributed by atoms with E-state index in [2.05, 4.69) is 42.6 Å². The zero-order chi connectivity index (χ0) is 19.4. The number of rotatable bonds is 6. The van der Waals surface area contributed by atoms with Crippen LogP contribution in [0.15, 0.2) is 70.3 Å². The van der Waals surface area contributed by atoms with E-state index in [0.717, 1.165) is 26.5 Å². The molecule has 0 aliphatic heterocycles. The van der Waals surface area contributed by atoms with Crippen molar-refractivity contribution in [3.05, 3.63) is 87.6 Å². The van der Waals surface area contributed by atoms with Gasteiger partial charge >= 0.3 is 0 Å². The molecule has 3 aromatic rings. The minimum absolute atomic E-state index is 0.251. The molecule has 1 heterocycles. The van der Waals surface area contributed by atoms with E-state index in [-0.39, 0.29) is 5.91 Å². The first kappa shape index (κ1) is 19.4. The molecular weight excluding hydrogens is 374 g/mol. The zero-order valence-electron chi connectivity index (χ0n) is 15.5. The second kappa shape index (κ2) is 8.57. The molecule has 0 radical (unpaired) electrons. The molecule has 0 aliphatic carbocycles. The van der Waals surface area contributed by atoms with Crippen molar-refractivity contribution in [3.63, 3.8) is 0 Å². The molecule has 2 aromatic carbocycles. The largest absolute Gasteiger partial charge is 0.277 e. The highest BCUT2D eigenvalue weighted by Crippen LogP contribution is 2.38. The molecule has 1 amide bonds. The lowest BCUT2D eigenvalue weighted by Crippen LogP contribution is -2.21. The zero-order valence-corrected chi connectivity index (χ0v) is 17.2. The second-order valence-corrected chi connectivity index (χ2v) is 8.12. The number of amides is 1. The van der Waals surface area contributed by atoms with Crippen molar-refractivity contribution in [3.8, 4) is 0 Å². The predicted molar refractivity (Wildman–Crippen MR) is 113 cm³/mol. The minimum Gasteiger partial charge on any atom is -0.277 e. The van der Waals surface area contributed by atoms with E-state index in [4.69, 9.17) is 4.84 Å². The highest BCUT2D eigenvalue weighted by atomic mass is 32.2. The molecule has 138 valence electrons. The number of hydrogen-bond acceptors (Lipinski definition) is 4. The molecule has 0 saturated carbocycles. The van der Waals surface area contributed by atoms with Gasteiger partial charge in [-0.2, -0.15) is 0 Å². The summed E-state index contributed by atoms with van der Waals surface area (Å²) in [6, 6.07) is 16.1. The average molecular weight is 396 g/mol. The van der Waals surface area contributed by atoms with Gasteiger partial charge in [0.25, 0.3) is 5.91 Å². The third-order valence-corrected chi connectivity index (χ3v) is 6.53. The Morgan fingerprint density at radius 1 is 1.07 bits per heavy atom. The first-order valence-electron chi connectivity index (χ1n) is 8.46. The van der Waals surface area contributed by atoms with Gasteiger partial charge in [-0.3, -0.25) is 9.63 Å². The number of hydrogen-bond donors (Lipinski definition) is 1. The Kier molecular flexibility index (Phi) is 6.16. The van der Waals surface area contributed by atoms with Crippen molar-refractivity contribution >= 4 is 34.6 Å². The van der Waals surface area contributed by atoms with Crippen LogP contribution in [0.3, 0.4) is 0 Å². The molecule has 1 N–H and O–H groups in total. The number of thiophene rings is 1. The molecule has 0 atom stereocenters. The second-order valence-electron chi connectivity index (χ2n) is 6.13. The van der Waals surface area contributed by atoms with Crippen molar-refractivity contribution in [1.29, 1.82) is 0 Å². The van der Waals surface area contributed by atoms with Gasteiger partial charge in [0.05, 0.1) is 7.11 Å². The summed E-state index contributed by atoms with van der Waals surface area (Å²) in [5.41, 5.74) is 7.38. The van der Waals surface area contributed by atoms with Gasteiger partial charge in [0.2, 0.25) is 0 Å². The fourth-order valence-electron chi connectivity index (χ4n) is 2.78. The maximum Gasteiger partial charge on any atom is 0.274 e. The number of hydroxylamine groups is 1. The van der Waals surface area contributed by atoms with Crippen LogP contribution < -0.4 is 5.48 Å². The minimum atomic E-state index is -0.251. The van der Waals surface area contributed by atoms with Crippen LogP contribution in [-0.2, 0) is 4.84 Å². The fraction of sp³-hybridized carbons (Fsp3) is 0.136. The molecule has 0 fully saturated rings. The Hall–Kier alpha value is -2.34. The van der Waals surface area contributed by atoms with E-state index >= 15 is 0 Å². The van der Waals surface area contributed by atoms with Crippen LogP contribution in [0.5, 0.6) is 0 Å². The van der Waals surface area contributed by atoms with Gasteiger partial charge in [0.15, 0.2) is 0 Å². The van der Waals surface area contributed by atoms with Crippen LogP contribution in [0.25, 0.3) is 5.57 Å². The maximum atomic E-state index is 11.9. The van der Waals surface area contributed by atoms with Crippen LogP contribution >= 0.6 is 23.1 Å². The van der Waals surface area contributed by atoms with E-state index in [0.29, 0.717) is 5.56 Å². The van der Waals surface area contributed by atoms with Gasteiger partial charge in [-0.25, -0.2) is 5.48 Å². The first-order chi connectivity index (χ1) is 13.0. The van der Waals surface area contributed by atoms with Crippen LogP contribution in [0.2, 0.25) is 0 Å². The summed E-state index contributed by atoms with van der Waals surface area (Å²) in [5, 5.41) is 2.10. The lowest BCUT2D eigenvalue weighted by atomic mass is 10.0. The predicted octanol–water partition coefficient (Wildman–Crippen LogP) is 5.87. The van der Waals surface area contributed by atoms with Gasteiger partial charge in [0.1, 0.15) is 0 Å². The average Bonchev–Trinajstić information content (AvgIpc) is 3.09. The molecule has 0 bridgehead atoms. The summed E-state index contributed by atoms with van der Waals surface area (Å²) in [4.78, 5) is 20.1. The van der Waals surface area contributed by atoms with Crippen LogP contribution in [0.1, 0.15) is 31.9 Å². The van der Waals surface area contributed by atoms with Gasteiger partial charge in [-0.05, 0) is 71.8 Å². The van der Waals surface area contributed by atoms with Crippen LogP contribution in [0, 0.1) is 13.8 Å². The molecule has 5 heteroatoms. The van der Waals surface area contributed by atoms with Gasteiger partial charge in [0, 0.05) is 20.2 Å². The molecule has 3 nitrogen and oxygen atoms in total. The highest BCUT2D eigenvalue weighted by Gasteiger charge is 2.14. The van der Waals surface area contributed by atoms with Crippen LogP contribution in [0.4, 0.5) is 0 Å². The van der Waals surface area contributed by atoms with E-state index in [9.17, 15) is 4.79 Å². The molecule has 0 saturated heterocycles. The van der Waals surface area contributed by atoms with Crippen molar-refractivity contribution in [1.82, 2.24) is 5.48 Å². The highest BCUT2D eigenvalue weighted by molar-refractivity contribution is 7.99. The number of carbonyl (C=O) groups is 1. The molecule has 3 rings (SSSR count). The third-order valence-electron chi connectivity index (χ3n) is 4.20. The molecular formula is C22H21NO2S2. The van der Waals surface area contributed by atoms with Gasteiger partial charge in [-0.1, -0.05) is 36.5 Å². The first-order valence-corrected chi connectivity index (χ1v) is 10.2. The van der Waals surface area contributed by atoms with Crippen molar-refractivity contribution in [2.45, 2.75) is 23.6 Å². The van der Waals surface area contributed by atoms with Gasteiger partial charge in [-0.15, -0.1) is 11.3 Å². The SMILES string of the molecule is C=C(c1ccccc1Sc1ccc(C(=O)NOC)cc1C)c1sccc1C. The number of nitrogens with one attached hydrogen (secondary N) is 1. The maximum absolute atomic E-state index is 11.9. The Balaban J connectivity index is 1.90. The molecule has 1 aromatic heterocycles. The number of benzene rings is 2. The van der Waals surface area contributed by atoms with Crippen LogP contribution in [-0.4, -0.2) is 13.0 Å². The van der Waals surface area contributed by atoms with Crippen molar-refractivity contribution in [2.24, 2.45) is 0 Å². The van der Waals surface area contributed by atoms with Gasteiger partial charge < -0.3 is 0 Å². The quantitative estimate of drug-likeness (QED) is 0.531. The monoisotopic (exact) mass is 395 g/mol. The van der Waals surface area contributed by atoms with Crippen molar-refractivity contribution < 1.29 is 9.63 Å². The van der Waals surface area contributed by atoms with E-state index in [1.807, 2.05) is 37.3 Å². The standard InChI is InChI=1S/C22H21NO2S2/c1-14-11-12-26-21(14)16(3)18-7-5-6-8-20(18)27-19-10-9-17(13-15(19)2)22(24)23-25-4/h5-13H,3H2,1-2,4H3,(H,23,24). The molecule has 0 aliphatic rings. The molecule has 0 spiro atoms. The normalized spacial score (nSPS) is 10.6. The molecule has 27 heavy (non-hydrogen) atoms. The van der Waals surface area contributed by atoms with E-state index in [1.54, 1.807) is 23.1 Å². The number of aryl methyl sites for hydroxylation is 2. The summed E-state index contributed by atoms with van der Waals surface area (Å²) >= 11 is 3.40. The lowest BCUT2D eigenvalue weighted by molar-refractivity contribution is 0.0537. The lowest BCUT2D eigenvalue weighted by Gasteiger charge is -2.13. The fourth-order valence-corrected chi connectivity index (χ4v) is 4.74. The Labute approximate surface area is 168 Å². The van der Waals surface area contributed by atoms with Crippen molar-refractivity contribution in [2.75, 3.05) is 7.11 Å². The van der Waals surface area contributed by atoms with E-state index < -0.39 is 0 Å². The summed E-state index contributed by atoms with van der Waals surface area (Å²) in [5.74, 6) is -0.251.